The van der Waals surface area contributed by atoms with Crippen LogP contribution in [0.5, 0.6) is 0 Å². The first-order valence-corrected chi connectivity index (χ1v) is 8.34. The fourth-order valence-corrected chi connectivity index (χ4v) is 2.87. The number of aryl methyl sites for hydroxylation is 1. The minimum Gasteiger partial charge on any atom is -1.00 e. The van der Waals surface area contributed by atoms with Gasteiger partial charge >= 0.3 is 0 Å². The summed E-state index contributed by atoms with van der Waals surface area (Å²) in [5.41, 5.74) is 4.76. The normalized spacial score (nSPS) is 10.7. The molecule has 0 bridgehead atoms. The van der Waals surface area contributed by atoms with Gasteiger partial charge in [0.15, 0.2) is 24.5 Å². The first-order valence-electron chi connectivity index (χ1n) is 8.34. The van der Waals surface area contributed by atoms with Gasteiger partial charge in [-0.15, -0.1) is 0 Å². The van der Waals surface area contributed by atoms with Crippen molar-refractivity contribution in [3.63, 3.8) is 0 Å². The SMILES string of the molecule is CCc1ccc2oc(-c3cc[n+](Cc4cccc(F)c4)cc3)nc2c1.[Br-]. The maximum absolute atomic E-state index is 13.3. The third-order valence-electron chi connectivity index (χ3n) is 4.25. The van der Waals surface area contributed by atoms with E-state index in [4.69, 9.17) is 4.42 Å². The van der Waals surface area contributed by atoms with E-state index in [0.717, 1.165) is 28.6 Å². The summed E-state index contributed by atoms with van der Waals surface area (Å²) in [5.74, 6) is 0.397. The van der Waals surface area contributed by atoms with Gasteiger partial charge in [0.1, 0.15) is 11.3 Å². The van der Waals surface area contributed by atoms with Crippen LogP contribution in [0.15, 0.2) is 71.4 Å². The van der Waals surface area contributed by atoms with Crippen LogP contribution in [0.1, 0.15) is 18.1 Å². The summed E-state index contributed by atoms with van der Waals surface area (Å²) in [5, 5.41) is 0. The molecule has 0 aliphatic rings. The Morgan fingerprint density at radius 3 is 2.54 bits per heavy atom. The first-order chi connectivity index (χ1) is 12.2. The van der Waals surface area contributed by atoms with E-state index in [-0.39, 0.29) is 22.8 Å². The summed E-state index contributed by atoms with van der Waals surface area (Å²) in [6.45, 7) is 2.74. The molecular weight excluding hydrogens is 395 g/mol. The molecular formula is C21H18BrFN2O. The van der Waals surface area contributed by atoms with E-state index in [9.17, 15) is 4.39 Å². The van der Waals surface area contributed by atoms with Crippen LogP contribution in [0.25, 0.3) is 22.6 Å². The van der Waals surface area contributed by atoms with Gasteiger partial charge in [0.25, 0.3) is 0 Å². The molecule has 0 spiro atoms. The molecule has 4 aromatic rings. The highest BCUT2D eigenvalue weighted by molar-refractivity contribution is 5.76. The second-order valence-corrected chi connectivity index (χ2v) is 6.06. The van der Waals surface area contributed by atoms with Crippen LogP contribution in [-0.2, 0) is 13.0 Å². The van der Waals surface area contributed by atoms with Crippen molar-refractivity contribution in [2.24, 2.45) is 0 Å². The van der Waals surface area contributed by atoms with Gasteiger partial charge in [-0.1, -0.05) is 25.1 Å². The molecule has 26 heavy (non-hydrogen) atoms. The number of halogens is 2. The Kier molecular flexibility index (Phi) is 5.47. The van der Waals surface area contributed by atoms with E-state index in [1.54, 1.807) is 12.1 Å². The maximum atomic E-state index is 13.3. The average molecular weight is 413 g/mol. The Bertz CT molecular complexity index is 1030. The molecule has 2 heterocycles. The zero-order valence-corrected chi connectivity index (χ0v) is 15.9. The maximum Gasteiger partial charge on any atom is 0.227 e. The lowest BCUT2D eigenvalue weighted by Crippen LogP contribution is -3.00. The molecule has 0 aliphatic carbocycles. The summed E-state index contributed by atoms with van der Waals surface area (Å²) in [4.78, 5) is 4.59. The Morgan fingerprint density at radius 1 is 1.00 bits per heavy atom. The number of rotatable bonds is 4. The molecule has 0 saturated heterocycles. The number of fused-ring (bicyclic) bond motifs is 1. The van der Waals surface area contributed by atoms with E-state index in [1.807, 2.05) is 41.2 Å². The summed E-state index contributed by atoms with van der Waals surface area (Å²) < 4.78 is 21.1. The monoisotopic (exact) mass is 412 g/mol. The number of nitrogens with zero attached hydrogens (tertiary/aromatic N) is 2. The number of pyridine rings is 1. The van der Waals surface area contributed by atoms with Gasteiger partial charge in [-0.05, 0) is 36.2 Å². The van der Waals surface area contributed by atoms with Gasteiger partial charge in [-0.2, -0.15) is 0 Å². The fraction of sp³-hybridized carbons (Fsp3) is 0.143. The van der Waals surface area contributed by atoms with Crippen LogP contribution in [0.4, 0.5) is 4.39 Å². The molecule has 132 valence electrons. The van der Waals surface area contributed by atoms with Crippen molar-refractivity contribution >= 4 is 11.1 Å². The minimum atomic E-state index is -0.215. The number of hydrogen-bond donors (Lipinski definition) is 0. The van der Waals surface area contributed by atoms with Gasteiger partial charge in [0, 0.05) is 23.3 Å². The minimum absolute atomic E-state index is 0. The molecule has 0 atom stereocenters. The van der Waals surface area contributed by atoms with Gasteiger partial charge in [-0.3, -0.25) is 0 Å². The van der Waals surface area contributed by atoms with E-state index in [1.165, 1.54) is 11.6 Å². The average Bonchev–Trinajstić information content (AvgIpc) is 3.05. The smallest absolute Gasteiger partial charge is 0.227 e. The standard InChI is InChI=1S/C21H18FN2O.BrH/c1-2-15-6-7-20-19(13-15)23-21(25-20)17-8-10-24(11-9-17)14-16-4-3-5-18(22)12-16;/h3-13H,2,14H2,1H3;1H/q+1;/p-1. The van der Waals surface area contributed by atoms with Crippen LogP contribution in [-0.4, -0.2) is 4.98 Å². The van der Waals surface area contributed by atoms with Crippen molar-refractivity contribution < 1.29 is 30.4 Å². The van der Waals surface area contributed by atoms with Crippen molar-refractivity contribution in [2.45, 2.75) is 19.9 Å². The Labute approximate surface area is 161 Å². The number of aromatic nitrogens is 2. The molecule has 5 heteroatoms. The van der Waals surface area contributed by atoms with Crippen LogP contribution < -0.4 is 21.5 Å². The van der Waals surface area contributed by atoms with E-state index >= 15 is 0 Å². The lowest BCUT2D eigenvalue weighted by Gasteiger charge is -1.99. The van der Waals surface area contributed by atoms with Crippen molar-refractivity contribution in [3.05, 3.63) is 83.9 Å². The Morgan fingerprint density at radius 2 is 1.81 bits per heavy atom. The highest BCUT2D eigenvalue weighted by Gasteiger charge is 2.11. The lowest BCUT2D eigenvalue weighted by atomic mass is 10.1. The zero-order valence-electron chi connectivity index (χ0n) is 14.3. The van der Waals surface area contributed by atoms with Crippen molar-refractivity contribution in [2.75, 3.05) is 0 Å². The third kappa shape index (κ3) is 3.83. The van der Waals surface area contributed by atoms with Crippen molar-refractivity contribution in [1.82, 2.24) is 4.98 Å². The third-order valence-corrected chi connectivity index (χ3v) is 4.25. The summed E-state index contributed by atoms with van der Waals surface area (Å²) in [6, 6.07) is 16.7. The van der Waals surface area contributed by atoms with Crippen LogP contribution in [0.3, 0.4) is 0 Å². The topological polar surface area (TPSA) is 29.9 Å². The van der Waals surface area contributed by atoms with E-state index < -0.39 is 0 Å². The molecule has 0 aliphatic heterocycles. The second-order valence-electron chi connectivity index (χ2n) is 6.06. The molecule has 0 saturated carbocycles. The molecule has 4 rings (SSSR count). The van der Waals surface area contributed by atoms with Crippen LogP contribution in [0, 0.1) is 5.82 Å². The first kappa shape index (κ1) is 18.3. The molecule has 2 aromatic heterocycles. The van der Waals surface area contributed by atoms with Gasteiger partial charge in [-0.25, -0.2) is 13.9 Å². The highest BCUT2D eigenvalue weighted by atomic mass is 79.9. The predicted molar refractivity (Wildman–Crippen MR) is 94.5 cm³/mol. The predicted octanol–water partition coefficient (Wildman–Crippen LogP) is 1.54. The van der Waals surface area contributed by atoms with Crippen molar-refractivity contribution in [3.8, 4) is 11.5 Å². The molecule has 0 amide bonds. The van der Waals surface area contributed by atoms with Gasteiger partial charge in [0.05, 0.1) is 0 Å². The quantitative estimate of drug-likeness (QED) is 0.476. The molecule has 0 fully saturated rings. The second kappa shape index (κ2) is 7.79. The Hall–Kier alpha value is -2.53. The largest absolute Gasteiger partial charge is 1.00 e. The number of oxazole rings is 1. The van der Waals surface area contributed by atoms with Crippen molar-refractivity contribution in [1.29, 1.82) is 0 Å². The van der Waals surface area contributed by atoms with E-state index in [2.05, 4.69) is 24.0 Å². The molecule has 0 radical (unpaired) electrons. The van der Waals surface area contributed by atoms with Crippen LogP contribution in [0.2, 0.25) is 0 Å². The zero-order chi connectivity index (χ0) is 17.2. The number of benzene rings is 2. The molecule has 2 aromatic carbocycles. The fourth-order valence-electron chi connectivity index (χ4n) is 2.87. The van der Waals surface area contributed by atoms with Crippen LogP contribution >= 0.6 is 0 Å². The summed E-state index contributed by atoms with van der Waals surface area (Å²) in [6.07, 6.45) is 4.88. The Balaban J connectivity index is 0.00000196. The lowest BCUT2D eigenvalue weighted by molar-refractivity contribution is -0.688. The van der Waals surface area contributed by atoms with Gasteiger partial charge < -0.3 is 21.4 Å². The molecule has 0 unspecified atom stereocenters. The van der Waals surface area contributed by atoms with Gasteiger partial charge in [0.2, 0.25) is 5.89 Å². The molecule has 3 nitrogen and oxygen atoms in total. The summed E-state index contributed by atoms with van der Waals surface area (Å²) in [7, 11) is 0. The summed E-state index contributed by atoms with van der Waals surface area (Å²) >= 11 is 0. The highest BCUT2D eigenvalue weighted by Crippen LogP contribution is 2.24. The van der Waals surface area contributed by atoms with E-state index in [0.29, 0.717) is 12.4 Å². The number of hydrogen-bond acceptors (Lipinski definition) is 2. The molecule has 0 N–H and O–H groups in total.